The number of aromatic hydroxyl groups is 1. The minimum atomic E-state index is -1.03. The number of hydrogen-bond acceptors (Lipinski definition) is 4. The number of hydrogen-bond donors (Lipinski definition) is 2. The van der Waals surface area contributed by atoms with Crippen LogP contribution in [0.25, 0.3) is 39.0 Å². The average molecular weight is 443 g/mol. The zero-order chi connectivity index (χ0) is 24.1. The molecule has 2 aromatic rings. The zero-order valence-electron chi connectivity index (χ0n) is 19.0. The van der Waals surface area contributed by atoms with Crippen molar-refractivity contribution in [2.24, 2.45) is 0 Å². The van der Waals surface area contributed by atoms with Crippen LogP contribution in [0.15, 0.2) is 87.6 Å². The van der Waals surface area contributed by atoms with Crippen molar-refractivity contribution in [3.05, 3.63) is 94.2 Å². The van der Waals surface area contributed by atoms with Crippen molar-refractivity contribution >= 4 is 22.5 Å². The van der Waals surface area contributed by atoms with Crippen LogP contribution in [0, 0.1) is 0 Å². The van der Waals surface area contributed by atoms with Crippen molar-refractivity contribution in [1.82, 2.24) is 0 Å². The Bertz CT molecular complexity index is 1390. The third-order valence-electron chi connectivity index (χ3n) is 5.26. The van der Waals surface area contributed by atoms with E-state index in [1.165, 1.54) is 12.1 Å². The molecule has 1 heterocycles. The van der Waals surface area contributed by atoms with E-state index in [2.05, 4.69) is 0 Å². The molecule has 5 nitrogen and oxygen atoms in total. The first-order valence-electron chi connectivity index (χ1n) is 10.8. The maximum Gasteiger partial charge on any atom is 0.335 e. The normalized spacial score (nSPS) is 11.9. The van der Waals surface area contributed by atoms with Gasteiger partial charge in [0.2, 0.25) is 0 Å². The summed E-state index contributed by atoms with van der Waals surface area (Å²) < 4.78 is 6.08. The second kappa shape index (κ2) is 10.0. The first kappa shape index (κ1) is 23.5. The third kappa shape index (κ3) is 4.58. The SMILES string of the molecule is C/C=C(\C(=C/C)C(=O)O)c1c2ccc(=O)cc-2oc2cc(-c3ccc(O)cc3)ccc12.CC. The Balaban J connectivity index is 0.00000149. The van der Waals surface area contributed by atoms with Gasteiger partial charge in [-0.15, -0.1) is 0 Å². The standard InChI is InChI=1S/C26H20O5.C2H6/c1-3-19(20(4-2)26(29)30)25-21-11-7-16(15-5-8-17(27)9-6-15)13-23(21)31-24-14-18(28)10-12-22(24)25;1-2/h3-14,27H,1-2H3,(H,29,30);1-2H3/b19-3+,20-4+;. The molecular weight excluding hydrogens is 416 g/mol. The molecular formula is C28H26O5. The van der Waals surface area contributed by atoms with Crippen LogP contribution < -0.4 is 5.43 Å². The van der Waals surface area contributed by atoms with Crippen LogP contribution in [-0.4, -0.2) is 16.2 Å². The summed E-state index contributed by atoms with van der Waals surface area (Å²) in [5, 5.41) is 20.0. The lowest BCUT2D eigenvalue weighted by molar-refractivity contribution is -0.132. The summed E-state index contributed by atoms with van der Waals surface area (Å²) in [4.78, 5) is 23.9. The van der Waals surface area contributed by atoms with E-state index in [0.717, 1.165) is 16.5 Å². The summed E-state index contributed by atoms with van der Waals surface area (Å²) in [5.74, 6) is -0.465. The molecule has 0 fully saturated rings. The van der Waals surface area contributed by atoms with Gasteiger partial charge in [-0.3, -0.25) is 4.79 Å². The number of carbonyl (C=O) groups is 1. The highest BCUT2D eigenvalue weighted by Gasteiger charge is 2.23. The van der Waals surface area contributed by atoms with Gasteiger partial charge in [0.15, 0.2) is 5.43 Å². The lowest BCUT2D eigenvalue weighted by Gasteiger charge is -2.18. The Hall–Kier alpha value is -4.12. The number of carboxylic acids is 1. The highest BCUT2D eigenvalue weighted by Crippen LogP contribution is 2.40. The second-order valence-corrected chi connectivity index (χ2v) is 7.10. The van der Waals surface area contributed by atoms with Crippen molar-refractivity contribution in [3.8, 4) is 28.2 Å². The molecule has 33 heavy (non-hydrogen) atoms. The molecule has 0 saturated heterocycles. The molecule has 2 aliphatic rings. The van der Waals surface area contributed by atoms with Crippen molar-refractivity contribution in [1.29, 1.82) is 0 Å². The molecule has 0 amide bonds. The van der Waals surface area contributed by atoms with E-state index >= 15 is 0 Å². The summed E-state index contributed by atoms with van der Waals surface area (Å²) in [5.41, 5.74) is 4.18. The van der Waals surface area contributed by atoms with Crippen LogP contribution in [-0.2, 0) is 4.79 Å². The van der Waals surface area contributed by atoms with Gasteiger partial charge in [-0.25, -0.2) is 4.79 Å². The van der Waals surface area contributed by atoms with Crippen molar-refractivity contribution in [2.75, 3.05) is 0 Å². The second-order valence-electron chi connectivity index (χ2n) is 7.10. The third-order valence-corrected chi connectivity index (χ3v) is 5.26. The highest BCUT2D eigenvalue weighted by atomic mass is 16.4. The summed E-state index contributed by atoms with van der Waals surface area (Å²) >= 11 is 0. The quantitative estimate of drug-likeness (QED) is 0.208. The highest BCUT2D eigenvalue weighted by molar-refractivity contribution is 6.12. The molecule has 1 aliphatic carbocycles. The minimum absolute atomic E-state index is 0.171. The van der Waals surface area contributed by atoms with Gasteiger partial charge in [0.25, 0.3) is 0 Å². The molecule has 0 unspecified atom stereocenters. The van der Waals surface area contributed by atoms with E-state index in [4.69, 9.17) is 4.42 Å². The maximum absolute atomic E-state index is 12.0. The largest absolute Gasteiger partial charge is 0.508 e. The summed E-state index contributed by atoms with van der Waals surface area (Å²) in [7, 11) is 0. The number of fused-ring (bicyclic) bond motifs is 2. The first-order valence-corrected chi connectivity index (χ1v) is 10.8. The van der Waals surface area contributed by atoms with Crippen LogP contribution >= 0.6 is 0 Å². The van der Waals surface area contributed by atoms with Crippen molar-refractivity contribution in [2.45, 2.75) is 27.7 Å². The van der Waals surface area contributed by atoms with Crippen molar-refractivity contribution in [3.63, 3.8) is 0 Å². The number of aliphatic carboxylic acids is 1. The zero-order valence-corrected chi connectivity index (χ0v) is 19.0. The number of allylic oxidation sites excluding steroid dienone is 2. The Kier molecular flexibility index (Phi) is 7.13. The average Bonchev–Trinajstić information content (AvgIpc) is 2.82. The van der Waals surface area contributed by atoms with Gasteiger partial charge in [0.05, 0.1) is 5.57 Å². The number of rotatable bonds is 4. The number of phenols is 1. The Labute approximate surface area is 192 Å². The van der Waals surface area contributed by atoms with E-state index < -0.39 is 5.97 Å². The van der Waals surface area contributed by atoms with E-state index in [1.54, 1.807) is 56.3 Å². The maximum atomic E-state index is 12.0. The first-order chi connectivity index (χ1) is 15.9. The van der Waals surface area contributed by atoms with Gasteiger partial charge < -0.3 is 14.6 Å². The fourth-order valence-corrected chi connectivity index (χ4v) is 3.82. The van der Waals surface area contributed by atoms with Crippen LogP contribution in [0.2, 0.25) is 0 Å². The van der Waals surface area contributed by atoms with Gasteiger partial charge in [-0.2, -0.15) is 0 Å². The number of benzene rings is 3. The summed E-state index contributed by atoms with van der Waals surface area (Å²) in [6, 6.07) is 17.0. The Morgan fingerprint density at radius 2 is 1.55 bits per heavy atom. The minimum Gasteiger partial charge on any atom is -0.508 e. The molecule has 168 valence electrons. The van der Waals surface area contributed by atoms with E-state index in [0.29, 0.717) is 28.0 Å². The van der Waals surface area contributed by atoms with E-state index in [9.17, 15) is 19.8 Å². The van der Waals surface area contributed by atoms with Gasteiger partial charge in [0, 0.05) is 22.6 Å². The van der Waals surface area contributed by atoms with Gasteiger partial charge in [-0.1, -0.05) is 44.2 Å². The van der Waals surface area contributed by atoms with Gasteiger partial charge >= 0.3 is 5.97 Å². The molecule has 0 spiro atoms. The molecule has 0 radical (unpaired) electrons. The van der Waals surface area contributed by atoms with Crippen LogP contribution in [0.3, 0.4) is 0 Å². The van der Waals surface area contributed by atoms with Gasteiger partial charge in [0.1, 0.15) is 17.1 Å². The van der Waals surface area contributed by atoms with Crippen LogP contribution in [0.1, 0.15) is 33.3 Å². The van der Waals surface area contributed by atoms with Crippen LogP contribution in [0.5, 0.6) is 5.75 Å². The monoisotopic (exact) mass is 442 g/mol. The molecule has 4 rings (SSSR count). The lowest BCUT2D eigenvalue weighted by Crippen LogP contribution is -2.06. The molecule has 5 heteroatoms. The molecule has 2 N–H and O–H groups in total. The Morgan fingerprint density at radius 1 is 0.879 bits per heavy atom. The molecule has 0 saturated carbocycles. The Morgan fingerprint density at radius 3 is 2.15 bits per heavy atom. The van der Waals surface area contributed by atoms with Gasteiger partial charge in [-0.05, 0) is 66.9 Å². The molecule has 0 bridgehead atoms. The topological polar surface area (TPSA) is 87.7 Å². The van der Waals surface area contributed by atoms with Crippen LogP contribution in [0.4, 0.5) is 0 Å². The molecule has 0 aromatic heterocycles. The predicted molar refractivity (Wildman–Crippen MR) is 133 cm³/mol. The predicted octanol–water partition coefficient (Wildman–Crippen LogP) is 6.73. The summed E-state index contributed by atoms with van der Waals surface area (Å²) in [6.07, 6.45) is 3.32. The van der Waals surface area contributed by atoms with E-state index in [-0.39, 0.29) is 16.8 Å². The molecule has 2 aromatic carbocycles. The fraction of sp³-hybridized carbons (Fsp3) is 0.143. The summed E-state index contributed by atoms with van der Waals surface area (Å²) in [6.45, 7) is 7.47. The smallest absolute Gasteiger partial charge is 0.335 e. The fourth-order valence-electron chi connectivity index (χ4n) is 3.82. The number of phenolic OH excluding ortho intramolecular Hbond substituents is 1. The lowest BCUT2D eigenvalue weighted by atomic mass is 9.88. The molecule has 0 atom stereocenters. The van der Waals surface area contributed by atoms with E-state index in [1.807, 2.05) is 32.0 Å². The molecule has 1 aliphatic heterocycles. The number of carboxylic acid groups (broad SMARTS) is 1. The van der Waals surface area contributed by atoms with Crippen molar-refractivity contribution < 1.29 is 19.4 Å².